The molecule has 16 heavy (non-hydrogen) atoms. The molecular formula is C13H10O3. The average molecular weight is 214 g/mol. The Hall–Kier alpha value is -2.29. The first-order valence-electron chi connectivity index (χ1n) is 4.81. The molecule has 0 saturated carbocycles. The predicted octanol–water partition coefficient (Wildman–Crippen LogP) is 2.33. The molecule has 3 nitrogen and oxygen atoms in total. The third-order valence-corrected chi connectivity index (χ3v) is 2.28. The lowest BCUT2D eigenvalue weighted by atomic mass is 10.0. The first-order valence-corrected chi connectivity index (χ1v) is 4.81. The molecule has 0 atom stereocenters. The number of carbonyl (C=O) groups is 1. The molecule has 0 aliphatic heterocycles. The minimum Gasteiger partial charge on any atom is -0.507 e. The van der Waals surface area contributed by atoms with E-state index in [9.17, 15) is 15.0 Å². The largest absolute Gasteiger partial charge is 0.507 e. The van der Waals surface area contributed by atoms with Gasteiger partial charge in [0.2, 0.25) is 0 Å². The molecule has 2 aromatic rings. The van der Waals surface area contributed by atoms with Gasteiger partial charge in [0.05, 0.1) is 0 Å². The standard InChI is InChI=1S/C13H10O3/c14-10-7-4-8-11(15)12(10)13(16)9-5-2-1-3-6-9/h1-8,14-15H. The lowest BCUT2D eigenvalue weighted by Crippen LogP contribution is -2.01. The summed E-state index contributed by atoms with van der Waals surface area (Å²) in [4.78, 5) is 12.0. The zero-order chi connectivity index (χ0) is 11.5. The molecule has 0 heterocycles. The maximum Gasteiger partial charge on any atom is 0.200 e. The second-order valence-corrected chi connectivity index (χ2v) is 3.37. The minimum atomic E-state index is -0.392. The molecule has 2 aromatic carbocycles. The van der Waals surface area contributed by atoms with E-state index in [-0.39, 0.29) is 17.1 Å². The number of phenols is 2. The van der Waals surface area contributed by atoms with E-state index in [1.54, 1.807) is 30.3 Å². The van der Waals surface area contributed by atoms with Crippen LogP contribution in [0.3, 0.4) is 0 Å². The quantitative estimate of drug-likeness (QED) is 0.754. The number of rotatable bonds is 2. The number of carbonyl (C=O) groups excluding carboxylic acids is 1. The summed E-state index contributed by atoms with van der Waals surface area (Å²) in [7, 11) is 0. The summed E-state index contributed by atoms with van der Waals surface area (Å²) in [6, 6.07) is 12.7. The van der Waals surface area contributed by atoms with E-state index in [0.29, 0.717) is 5.56 Å². The molecule has 0 bridgehead atoms. The predicted molar refractivity (Wildman–Crippen MR) is 59.6 cm³/mol. The van der Waals surface area contributed by atoms with Crippen molar-refractivity contribution in [3.8, 4) is 11.5 Å². The topological polar surface area (TPSA) is 57.5 Å². The molecular weight excluding hydrogens is 204 g/mol. The molecule has 2 N–H and O–H groups in total. The van der Waals surface area contributed by atoms with Crippen LogP contribution in [0.15, 0.2) is 48.5 Å². The van der Waals surface area contributed by atoms with Crippen LogP contribution < -0.4 is 0 Å². The summed E-state index contributed by atoms with van der Waals surface area (Å²) in [6.45, 7) is 0. The van der Waals surface area contributed by atoms with E-state index < -0.39 is 5.78 Å². The van der Waals surface area contributed by atoms with Crippen molar-refractivity contribution in [3.05, 3.63) is 59.7 Å². The van der Waals surface area contributed by atoms with Crippen molar-refractivity contribution in [2.75, 3.05) is 0 Å². The van der Waals surface area contributed by atoms with Gasteiger partial charge in [-0.2, -0.15) is 0 Å². The molecule has 80 valence electrons. The molecule has 0 aliphatic rings. The second-order valence-electron chi connectivity index (χ2n) is 3.37. The molecule has 2 rings (SSSR count). The average Bonchev–Trinajstić information content (AvgIpc) is 2.30. The highest BCUT2D eigenvalue weighted by molar-refractivity contribution is 6.12. The summed E-state index contributed by atoms with van der Waals surface area (Å²) in [5.41, 5.74) is 0.369. The van der Waals surface area contributed by atoms with Gasteiger partial charge < -0.3 is 10.2 Å². The molecule has 0 saturated heterocycles. The normalized spacial score (nSPS) is 10.0. The van der Waals surface area contributed by atoms with E-state index in [1.165, 1.54) is 18.2 Å². The summed E-state index contributed by atoms with van der Waals surface area (Å²) < 4.78 is 0. The van der Waals surface area contributed by atoms with Crippen LogP contribution in [-0.2, 0) is 0 Å². The fourth-order valence-corrected chi connectivity index (χ4v) is 1.49. The highest BCUT2D eigenvalue weighted by atomic mass is 16.3. The fourth-order valence-electron chi connectivity index (χ4n) is 1.49. The third-order valence-electron chi connectivity index (χ3n) is 2.28. The summed E-state index contributed by atoms with van der Waals surface area (Å²) in [6.07, 6.45) is 0. The smallest absolute Gasteiger partial charge is 0.200 e. The highest BCUT2D eigenvalue weighted by Crippen LogP contribution is 2.28. The Morgan fingerprint density at radius 2 is 1.38 bits per heavy atom. The van der Waals surface area contributed by atoms with Crippen molar-refractivity contribution in [1.29, 1.82) is 0 Å². The van der Waals surface area contributed by atoms with Crippen LogP contribution in [0.1, 0.15) is 15.9 Å². The Balaban J connectivity index is 2.50. The second kappa shape index (κ2) is 4.06. The molecule has 0 fully saturated rings. The zero-order valence-electron chi connectivity index (χ0n) is 8.42. The van der Waals surface area contributed by atoms with Gasteiger partial charge in [-0.05, 0) is 12.1 Å². The van der Waals surface area contributed by atoms with Gasteiger partial charge in [-0.1, -0.05) is 36.4 Å². The van der Waals surface area contributed by atoms with Crippen LogP contribution in [0.5, 0.6) is 11.5 Å². The van der Waals surface area contributed by atoms with Gasteiger partial charge in [0.25, 0.3) is 0 Å². The van der Waals surface area contributed by atoms with E-state index in [2.05, 4.69) is 0 Å². The van der Waals surface area contributed by atoms with Gasteiger partial charge in [0, 0.05) is 5.56 Å². The molecule has 3 heteroatoms. The Morgan fingerprint density at radius 1 is 0.812 bits per heavy atom. The monoisotopic (exact) mass is 214 g/mol. The van der Waals surface area contributed by atoms with Crippen molar-refractivity contribution >= 4 is 5.78 Å². The number of aromatic hydroxyl groups is 2. The Labute approximate surface area is 92.6 Å². The first-order chi connectivity index (χ1) is 7.70. The fraction of sp³-hybridized carbons (Fsp3) is 0. The van der Waals surface area contributed by atoms with Crippen LogP contribution in [0.4, 0.5) is 0 Å². The van der Waals surface area contributed by atoms with Crippen molar-refractivity contribution in [3.63, 3.8) is 0 Å². The van der Waals surface area contributed by atoms with Crippen molar-refractivity contribution in [1.82, 2.24) is 0 Å². The van der Waals surface area contributed by atoms with E-state index in [4.69, 9.17) is 0 Å². The SMILES string of the molecule is O=C(c1ccccc1)c1c(O)cccc1O. The van der Waals surface area contributed by atoms with Gasteiger partial charge in [-0.25, -0.2) is 0 Å². The molecule has 0 aromatic heterocycles. The molecule has 0 amide bonds. The summed E-state index contributed by atoms with van der Waals surface area (Å²) >= 11 is 0. The van der Waals surface area contributed by atoms with Crippen molar-refractivity contribution in [2.45, 2.75) is 0 Å². The molecule has 0 radical (unpaired) electrons. The third kappa shape index (κ3) is 1.75. The minimum absolute atomic E-state index is 0.0614. The number of ketones is 1. The Morgan fingerprint density at radius 3 is 1.94 bits per heavy atom. The molecule has 0 aliphatic carbocycles. The lowest BCUT2D eigenvalue weighted by Gasteiger charge is -2.05. The van der Waals surface area contributed by atoms with Gasteiger partial charge in [-0.3, -0.25) is 4.79 Å². The van der Waals surface area contributed by atoms with Crippen LogP contribution in [0.2, 0.25) is 0 Å². The van der Waals surface area contributed by atoms with Gasteiger partial charge >= 0.3 is 0 Å². The maximum atomic E-state index is 12.0. The number of benzene rings is 2. The van der Waals surface area contributed by atoms with E-state index in [1.807, 2.05) is 0 Å². The Bertz CT molecular complexity index is 498. The van der Waals surface area contributed by atoms with Crippen molar-refractivity contribution in [2.24, 2.45) is 0 Å². The summed E-state index contributed by atoms with van der Waals surface area (Å²) in [5, 5.41) is 19.1. The van der Waals surface area contributed by atoms with Gasteiger partial charge in [-0.15, -0.1) is 0 Å². The summed E-state index contributed by atoms with van der Waals surface area (Å²) in [5.74, 6) is -0.820. The maximum absolute atomic E-state index is 12.0. The van der Waals surface area contributed by atoms with Crippen LogP contribution >= 0.6 is 0 Å². The van der Waals surface area contributed by atoms with E-state index >= 15 is 0 Å². The number of hydrogen-bond donors (Lipinski definition) is 2. The van der Waals surface area contributed by atoms with Crippen LogP contribution in [0, 0.1) is 0 Å². The van der Waals surface area contributed by atoms with E-state index in [0.717, 1.165) is 0 Å². The molecule has 0 unspecified atom stereocenters. The lowest BCUT2D eigenvalue weighted by molar-refractivity contribution is 0.103. The van der Waals surface area contributed by atoms with Gasteiger partial charge in [0.1, 0.15) is 17.1 Å². The number of phenolic OH excluding ortho intramolecular Hbond substituents is 2. The van der Waals surface area contributed by atoms with Gasteiger partial charge in [0.15, 0.2) is 5.78 Å². The number of hydrogen-bond acceptors (Lipinski definition) is 3. The Kier molecular flexibility index (Phi) is 2.60. The molecule has 0 spiro atoms. The zero-order valence-corrected chi connectivity index (χ0v) is 8.42. The van der Waals surface area contributed by atoms with Crippen molar-refractivity contribution < 1.29 is 15.0 Å². The first kappa shape index (κ1) is 10.2. The van der Waals surface area contributed by atoms with Crippen LogP contribution in [-0.4, -0.2) is 16.0 Å². The van der Waals surface area contributed by atoms with Crippen LogP contribution in [0.25, 0.3) is 0 Å². The highest BCUT2D eigenvalue weighted by Gasteiger charge is 2.17.